The molecule has 1 aromatic heterocycles. The van der Waals surface area contributed by atoms with Gasteiger partial charge in [-0.15, -0.1) is 0 Å². The summed E-state index contributed by atoms with van der Waals surface area (Å²) in [6.45, 7) is 4.14. The predicted molar refractivity (Wildman–Crippen MR) is 129 cm³/mol. The van der Waals surface area contributed by atoms with Crippen molar-refractivity contribution in [2.75, 3.05) is 16.8 Å². The van der Waals surface area contributed by atoms with E-state index in [-0.39, 0.29) is 18.5 Å². The molecule has 164 valence electrons. The summed E-state index contributed by atoms with van der Waals surface area (Å²) in [5.74, 6) is 0.382. The fourth-order valence-corrected chi connectivity index (χ4v) is 4.05. The number of carbonyl (C=O) groups excluding carboxylic acids is 1. The SMILES string of the molecule is Cc1ccc(C2C=C(c3ccccc3)N(CC(=O)Nc3cccc(C)c3)c3nnnn32)cc1. The smallest absolute Gasteiger partial charge is 0.251 e. The molecule has 3 aromatic carbocycles. The van der Waals surface area contributed by atoms with Crippen molar-refractivity contribution in [2.24, 2.45) is 0 Å². The number of hydrogen-bond donors (Lipinski definition) is 1. The van der Waals surface area contributed by atoms with Gasteiger partial charge in [0.25, 0.3) is 5.95 Å². The van der Waals surface area contributed by atoms with Crippen LogP contribution >= 0.6 is 0 Å². The minimum atomic E-state index is -0.179. The predicted octanol–water partition coefficient (Wildman–Crippen LogP) is 4.38. The fraction of sp³-hybridized carbons (Fsp3) is 0.154. The number of amides is 1. The second-order valence-corrected chi connectivity index (χ2v) is 8.20. The van der Waals surface area contributed by atoms with Crippen molar-refractivity contribution in [3.63, 3.8) is 0 Å². The second kappa shape index (κ2) is 8.70. The Kier molecular flexibility index (Phi) is 5.44. The number of anilines is 2. The molecule has 7 heteroatoms. The number of aryl methyl sites for hydroxylation is 2. The van der Waals surface area contributed by atoms with Crippen LogP contribution in [0.25, 0.3) is 5.70 Å². The Bertz CT molecular complexity index is 1310. The van der Waals surface area contributed by atoms with Crippen LogP contribution in [0.3, 0.4) is 0 Å². The number of fused-ring (bicyclic) bond motifs is 1. The van der Waals surface area contributed by atoms with Crippen molar-refractivity contribution < 1.29 is 4.79 Å². The quantitative estimate of drug-likeness (QED) is 0.503. The highest BCUT2D eigenvalue weighted by Crippen LogP contribution is 2.36. The lowest BCUT2D eigenvalue weighted by atomic mass is 10.00. The third-order valence-electron chi connectivity index (χ3n) is 5.68. The van der Waals surface area contributed by atoms with E-state index in [0.717, 1.165) is 28.1 Å². The minimum absolute atomic E-state index is 0.0790. The summed E-state index contributed by atoms with van der Waals surface area (Å²) in [5, 5.41) is 15.5. The van der Waals surface area contributed by atoms with Crippen LogP contribution in [-0.2, 0) is 4.79 Å². The molecule has 0 saturated heterocycles. The second-order valence-electron chi connectivity index (χ2n) is 8.20. The van der Waals surface area contributed by atoms with Gasteiger partial charge in [0.05, 0.1) is 5.70 Å². The summed E-state index contributed by atoms with van der Waals surface area (Å²) in [6.07, 6.45) is 2.11. The molecule has 0 fully saturated rings. The van der Waals surface area contributed by atoms with E-state index < -0.39 is 0 Å². The lowest BCUT2D eigenvalue weighted by Gasteiger charge is -2.32. The van der Waals surface area contributed by atoms with Gasteiger partial charge in [-0.1, -0.05) is 77.4 Å². The molecule has 4 aromatic rings. The summed E-state index contributed by atoms with van der Waals surface area (Å²) in [6, 6.07) is 25.9. The van der Waals surface area contributed by atoms with Gasteiger partial charge in [0.2, 0.25) is 5.91 Å². The Hall–Kier alpha value is -4.26. The number of benzene rings is 3. The van der Waals surface area contributed by atoms with Crippen molar-refractivity contribution in [1.82, 2.24) is 20.2 Å². The Morgan fingerprint density at radius 3 is 2.48 bits per heavy atom. The number of nitrogens with zero attached hydrogens (tertiary/aromatic N) is 5. The molecule has 7 nitrogen and oxygen atoms in total. The molecule has 5 rings (SSSR count). The molecular weight excluding hydrogens is 412 g/mol. The largest absolute Gasteiger partial charge is 0.325 e. The first kappa shape index (κ1) is 20.6. The van der Waals surface area contributed by atoms with Crippen LogP contribution in [0.1, 0.15) is 28.3 Å². The Morgan fingerprint density at radius 2 is 1.73 bits per heavy atom. The van der Waals surface area contributed by atoms with Crippen molar-refractivity contribution >= 4 is 23.2 Å². The number of tetrazole rings is 1. The monoisotopic (exact) mass is 436 g/mol. The number of nitrogens with one attached hydrogen (secondary N) is 1. The molecule has 1 aliphatic heterocycles. The molecule has 1 unspecified atom stereocenters. The zero-order chi connectivity index (χ0) is 22.8. The van der Waals surface area contributed by atoms with Crippen LogP contribution in [0, 0.1) is 13.8 Å². The van der Waals surface area contributed by atoms with Crippen LogP contribution < -0.4 is 10.2 Å². The molecule has 0 radical (unpaired) electrons. The van der Waals surface area contributed by atoms with Gasteiger partial charge in [-0.25, -0.2) is 0 Å². The molecule has 1 amide bonds. The number of carbonyl (C=O) groups is 1. The van der Waals surface area contributed by atoms with Crippen LogP contribution in [0.4, 0.5) is 11.6 Å². The molecule has 1 atom stereocenters. The van der Waals surface area contributed by atoms with E-state index in [1.807, 2.05) is 66.4 Å². The maximum absolute atomic E-state index is 13.0. The first-order chi connectivity index (χ1) is 16.1. The first-order valence-corrected chi connectivity index (χ1v) is 10.8. The van der Waals surface area contributed by atoms with Crippen molar-refractivity contribution in [3.05, 3.63) is 107 Å². The standard InChI is InChI=1S/C26H24N6O/c1-18-11-13-21(14-12-18)24-16-23(20-8-4-3-5-9-20)31(26-28-29-30-32(24)26)17-25(33)27-22-10-6-7-19(2)15-22/h3-16,24H,17H2,1-2H3,(H,27,33). The van der Waals surface area contributed by atoms with Gasteiger partial charge >= 0.3 is 0 Å². The summed E-state index contributed by atoms with van der Waals surface area (Å²) in [4.78, 5) is 14.9. The number of hydrogen-bond acceptors (Lipinski definition) is 5. The maximum Gasteiger partial charge on any atom is 0.251 e. The molecule has 0 aliphatic carbocycles. The lowest BCUT2D eigenvalue weighted by molar-refractivity contribution is -0.114. The van der Waals surface area contributed by atoms with Crippen molar-refractivity contribution in [3.8, 4) is 0 Å². The summed E-state index contributed by atoms with van der Waals surface area (Å²) >= 11 is 0. The number of aromatic nitrogens is 4. The van der Waals surface area contributed by atoms with Crippen molar-refractivity contribution in [1.29, 1.82) is 0 Å². The number of allylic oxidation sites excluding steroid dienone is 1. The Labute approximate surface area is 192 Å². The lowest BCUT2D eigenvalue weighted by Crippen LogP contribution is -2.37. The molecule has 0 bridgehead atoms. The van der Waals surface area contributed by atoms with Gasteiger partial charge in [0, 0.05) is 5.69 Å². The average molecular weight is 437 g/mol. The molecule has 1 aliphatic rings. The van der Waals surface area contributed by atoms with E-state index in [2.05, 4.69) is 58.1 Å². The van der Waals surface area contributed by atoms with Gasteiger partial charge in [0.1, 0.15) is 12.6 Å². The molecule has 33 heavy (non-hydrogen) atoms. The highest BCUT2D eigenvalue weighted by atomic mass is 16.2. The Morgan fingerprint density at radius 1 is 0.939 bits per heavy atom. The van der Waals surface area contributed by atoms with Gasteiger partial charge in [-0.2, -0.15) is 4.68 Å². The molecular formula is C26H24N6O. The zero-order valence-electron chi connectivity index (χ0n) is 18.5. The zero-order valence-corrected chi connectivity index (χ0v) is 18.5. The van der Waals surface area contributed by atoms with Crippen LogP contribution in [0.2, 0.25) is 0 Å². The first-order valence-electron chi connectivity index (χ1n) is 10.8. The van der Waals surface area contributed by atoms with Crippen LogP contribution in [0.15, 0.2) is 84.9 Å². The third-order valence-corrected chi connectivity index (χ3v) is 5.68. The topological polar surface area (TPSA) is 75.9 Å². The molecule has 1 N–H and O–H groups in total. The maximum atomic E-state index is 13.0. The minimum Gasteiger partial charge on any atom is -0.325 e. The average Bonchev–Trinajstić information content (AvgIpc) is 3.31. The van der Waals surface area contributed by atoms with E-state index in [0.29, 0.717) is 5.95 Å². The third kappa shape index (κ3) is 4.25. The number of rotatable bonds is 5. The van der Waals surface area contributed by atoms with E-state index >= 15 is 0 Å². The van der Waals surface area contributed by atoms with Crippen LogP contribution in [0.5, 0.6) is 0 Å². The van der Waals surface area contributed by atoms with Crippen molar-refractivity contribution in [2.45, 2.75) is 19.9 Å². The fourth-order valence-electron chi connectivity index (χ4n) is 4.05. The normalized spacial score (nSPS) is 15.0. The van der Waals surface area contributed by atoms with E-state index in [9.17, 15) is 4.79 Å². The van der Waals surface area contributed by atoms with E-state index in [4.69, 9.17) is 0 Å². The molecule has 2 heterocycles. The highest BCUT2D eigenvalue weighted by Gasteiger charge is 2.31. The van der Waals surface area contributed by atoms with Gasteiger partial charge in [-0.3, -0.25) is 9.69 Å². The molecule has 0 saturated carbocycles. The summed E-state index contributed by atoms with van der Waals surface area (Å²) in [7, 11) is 0. The highest BCUT2D eigenvalue weighted by molar-refractivity contribution is 5.97. The summed E-state index contributed by atoms with van der Waals surface area (Å²) < 4.78 is 1.76. The Balaban J connectivity index is 1.53. The van der Waals surface area contributed by atoms with E-state index in [1.54, 1.807) is 4.68 Å². The van der Waals surface area contributed by atoms with Gasteiger partial charge in [0.15, 0.2) is 0 Å². The van der Waals surface area contributed by atoms with Gasteiger partial charge < -0.3 is 5.32 Å². The molecule has 0 spiro atoms. The van der Waals surface area contributed by atoms with Gasteiger partial charge in [-0.05, 0) is 59.2 Å². The van der Waals surface area contributed by atoms with Crippen LogP contribution in [-0.4, -0.2) is 32.7 Å². The summed E-state index contributed by atoms with van der Waals surface area (Å²) in [5.41, 5.74) is 6.00. The van der Waals surface area contributed by atoms with E-state index in [1.165, 1.54) is 5.56 Å².